The van der Waals surface area contributed by atoms with Gasteiger partial charge in [-0.05, 0) is 11.0 Å². The normalized spacial score (nSPS) is 11.9. The standard InChI is InChI=1S/C13H18N2/c1-6-8-14-12-10(7-2)11(9-15-12)13(3,4)5/h6-9,15H,1-2H2,3-5H3. The minimum absolute atomic E-state index is 0.0992. The molecule has 80 valence electrons. The third kappa shape index (κ3) is 2.46. The number of rotatable bonds is 3. The van der Waals surface area contributed by atoms with E-state index in [9.17, 15) is 0 Å². The van der Waals surface area contributed by atoms with Crippen molar-refractivity contribution in [3.05, 3.63) is 36.6 Å². The summed E-state index contributed by atoms with van der Waals surface area (Å²) in [5.74, 6) is 0.842. The van der Waals surface area contributed by atoms with Gasteiger partial charge in [0.2, 0.25) is 0 Å². The summed E-state index contributed by atoms with van der Waals surface area (Å²) < 4.78 is 0. The van der Waals surface area contributed by atoms with E-state index in [4.69, 9.17) is 0 Å². The first-order chi connectivity index (χ1) is 7.00. The number of H-pyrrole nitrogens is 1. The zero-order chi connectivity index (χ0) is 11.5. The molecule has 1 aromatic heterocycles. The van der Waals surface area contributed by atoms with Gasteiger partial charge in [0.1, 0.15) is 5.82 Å². The molecule has 1 N–H and O–H groups in total. The Morgan fingerprint density at radius 3 is 2.47 bits per heavy atom. The number of nitrogens with zero attached hydrogens (tertiary/aromatic N) is 1. The van der Waals surface area contributed by atoms with Gasteiger partial charge in [0.15, 0.2) is 0 Å². The Hall–Kier alpha value is -1.57. The Balaban J connectivity index is 3.23. The molecule has 0 amide bonds. The van der Waals surface area contributed by atoms with Gasteiger partial charge in [-0.25, -0.2) is 4.99 Å². The molecule has 1 heterocycles. The molecule has 0 bridgehead atoms. The fourth-order valence-electron chi connectivity index (χ4n) is 1.48. The molecule has 0 saturated heterocycles. The predicted octanol–water partition coefficient (Wildman–Crippen LogP) is 3.84. The summed E-state index contributed by atoms with van der Waals surface area (Å²) in [6, 6.07) is 0. The summed E-state index contributed by atoms with van der Waals surface area (Å²) in [6.45, 7) is 13.9. The number of nitrogens with one attached hydrogen (secondary N) is 1. The fraction of sp³-hybridized carbons (Fsp3) is 0.308. The summed E-state index contributed by atoms with van der Waals surface area (Å²) in [5, 5.41) is 0. The SMILES string of the molecule is C=CC=Nc1[nH]cc(C(C)(C)C)c1C=C. The van der Waals surface area contributed by atoms with E-state index in [1.807, 2.05) is 12.3 Å². The van der Waals surface area contributed by atoms with Crippen LogP contribution >= 0.6 is 0 Å². The average molecular weight is 202 g/mol. The molecule has 0 aliphatic heterocycles. The molecule has 0 saturated carbocycles. The van der Waals surface area contributed by atoms with Crippen molar-refractivity contribution in [1.82, 2.24) is 4.98 Å². The van der Waals surface area contributed by atoms with Crippen molar-refractivity contribution in [3.63, 3.8) is 0 Å². The van der Waals surface area contributed by atoms with Gasteiger partial charge >= 0.3 is 0 Å². The second-order valence-electron chi connectivity index (χ2n) is 4.43. The van der Waals surface area contributed by atoms with Crippen molar-refractivity contribution in [1.29, 1.82) is 0 Å². The van der Waals surface area contributed by atoms with Gasteiger partial charge in [0.25, 0.3) is 0 Å². The Labute approximate surface area is 91.4 Å². The maximum Gasteiger partial charge on any atom is 0.137 e. The van der Waals surface area contributed by atoms with Gasteiger partial charge in [-0.15, -0.1) is 0 Å². The third-order valence-electron chi connectivity index (χ3n) is 2.22. The second kappa shape index (κ2) is 4.30. The second-order valence-corrected chi connectivity index (χ2v) is 4.43. The quantitative estimate of drug-likeness (QED) is 0.721. The highest BCUT2D eigenvalue weighted by Crippen LogP contribution is 2.32. The van der Waals surface area contributed by atoms with Crippen LogP contribution in [0.25, 0.3) is 6.08 Å². The van der Waals surface area contributed by atoms with E-state index in [0.29, 0.717) is 0 Å². The highest BCUT2D eigenvalue weighted by atomic mass is 14.9. The number of aromatic nitrogens is 1. The van der Waals surface area contributed by atoms with Crippen LogP contribution in [0.4, 0.5) is 5.82 Å². The van der Waals surface area contributed by atoms with E-state index in [1.165, 1.54) is 5.56 Å². The van der Waals surface area contributed by atoms with Gasteiger partial charge in [-0.1, -0.05) is 46.1 Å². The van der Waals surface area contributed by atoms with Crippen LogP contribution in [-0.2, 0) is 5.41 Å². The topological polar surface area (TPSA) is 28.1 Å². The Kier molecular flexibility index (Phi) is 3.30. The lowest BCUT2D eigenvalue weighted by molar-refractivity contribution is 0.590. The zero-order valence-corrected chi connectivity index (χ0v) is 9.67. The van der Waals surface area contributed by atoms with E-state index >= 15 is 0 Å². The van der Waals surface area contributed by atoms with Crippen molar-refractivity contribution in [2.75, 3.05) is 0 Å². The van der Waals surface area contributed by atoms with E-state index < -0.39 is 0 Å². The van der Waals surface area contributed by atoms with Crippen molar-refractivity contribution < 1.29 is 0 Å². The molecular weight excluding hydrogens is 184 g/mol. The predicted molar refractivity (Wildman–Crippen MR) is 67.9 cm³/mol. The lowest BCUT2D eigenvalue weighted by Crippen LogP contribution is -2.11. The van der Waals surface area contributed by atoms with Crippen molar-refractivity contribution in [2.24, 2.45) is 4.99 Å². The molecule has 0 aliphatic rings. The van der Waals surface area contributed by atoms with Gasteiger partial charge in [0.05, 0.1) is 0 Å². The van der Waals surface area contributed by atoms with Crippen LogP contribution in [-0.4, -0.2) is 11.2 Å². The van der Waals surface area contributed by atoms with Crippen LogP contribution in [0, 0.1) is 0 Å². The summed E-state index contributed by atoms with van der Waals surface area (Å²) in [6.07, 6.45) is 7.16. The summed E-state index contributed by atoms with van der Waals surface area (Å²) in [4.78, 5) is 7.41. The molecule has 0 atom stereocenters. The van der Waals surface area contributed by atoms with E-state index in [1.54, 1.807) is 12.3 Å². The minimum Gasteiger partial charge on any atom is -0.346 e. The van der Waals surface area contributed by atoms with Crippen molar-refractivity contribution >= 4 is 18.1 Å². The molecule has 0 aliphatic carbocycles. The van der Waals surface area contributed by atoms with Crippen LogP contribution in [0.1, 0.15) is 31.9 Å². The van der Waals surface area contributed by atoms with Gasteiger partial charge < -0.3 is 4.98 Å². The van der Waals surface area contributed by atoms with Gasteiger partial charge in [-0.3, -0.25) is 0 Å². The van der Waals surface area contributed by atoms with Crippen LogP contribution in [0.3, 0.4) is 0 Å². The monoisotopic (exact) mass is 202 g/mol. The van der Waals surface area contributed by atoms with Crippen LogP contribution in [0.5, 0.6) is 0 Å². The van der Waals surface area contributed by atoms with Crippen LogP contribution < -0.4 is 0 Å². The van der Waals surface area contributed by atoms with Crippen molar-refractivity contribution in [3.8, 4) is 0 Å². The van der Waals surface area contributed by atoms with Crippen LogP contribution in [0.2, 0.25) is 0 Å². The van der Waals surface area contributed by atoms with E-state index in [-0.39, 0.29) is 5.41 Å². The molecule has 0 radical (unpaired) electrons. The molecule has 0 fully saturated rings. The fourth-order valence-corrected chi connectivity index (χ4v) is 1.48. The maximum absolute atomic E-state index is 4.26. The van der Waals surface area contributed by atoms with Crippen molar-refractivity contribution in [2.45, 2.75) is 26.2 Å². The van der Waals surface area contributed by atoms with Gasteiger partial charge in [-0.2, -0.15) is 0 Å². The number of allylic oxidation sites excluding steroid dienone is 1. The first-order valence-electron chi connectivity index (χ1n) is 5.00. The highest BCUT2D eigenvalue weighted by molar-refractivity contribution is 5.76. The molecule has 1 aromatic rings. The molecule has 0 spiro atoms. The highest BCUT2D eigenvalue weighted by Gasteiger charge is 2.19. The lowest BCUT2D eigenvalue weighted by atomic mass is 9.86. The van der Waals surface area contributed by atoms with Gasteiger partial charge in [0, 0.05) is 18.0 Å². The summed E-state index contributed by atoms with van der Waals surface area (Å²) >= 11 is 0. The Morgan fingerprint density at radius 2 is 2.00 bits per heavy atom. The molecule has 0 aromatic carbocycles. The minimum atomic E-state index is 0.0992. The molecule has 2 nitrogen and oxygen atoms in total. The van der Waals surface area contributed by atoms with Crippen LogP contribution in [0.15, 0.2) is 30.4 Å². The average Bonchev–Trinajstić information content (AvgIpc) is 2.56. The zero-order valence-electron chi connectivity index (χ0n) is 9.67. The summed E-state index contributed by atoms with van der Waals surface area (Å²) in [5.41, 5.74) is 2.40. The largest absolute Gasteiger partial charge is 0.346 e. The third-order valence-corrected chi connectivity index (χ3v) is 2.22. The Morgan fingerprint density at radius 1 is 1.33 bits per heavy atom. The number of hydrogen-bond acceptors (Lipinski definition) is 1. The van der Waals surface area contributed by atoms with E-state index in [2.05, 4.69) is 43.9 Å². The molecule has 15 heavy (non-hydrogen) atoms. The summed E-state index contributed by atoms with van der Waals surface area (Å²) in [7, 11) is 0. The van der Waals surface area contributed by atoms with E-state index in [0.717, 1.165) is 11.4 Å². The molecule has 0 unspecified atom stereocenters. The molecule has 2 heteroatoms. The Bertz CT molecular complexity index is 389. The first-order valence-corrected chi connectivity index (χ1v) is 5.00. The smallest absolute Gasteiger partial charge is 0.137 e. The first kappa shape index (κ1) is 11.5. The number of aliphatic imine (C=N–C) groups is 1. The molecule has 1 rings (SSSR count). The number of hydrogen-bond donors (Lipinski definition) is 1. The maximum atomic E-state index is 4.26. The molecular formula is C13H18N2. The lowest BCUT2D eigenvalue weighted by Gasteiger charge is -2.18. The number of aromatic amines is 1.